The Labute approximate surface area is 129 Å². The highest BCUT2D eigenvalue weighted by atomic mass is 35.5. The van der Waals surface area contributed by atoms with Crippen LogP contribution in [0.15, 0.2) is 42.6 Å². The molecule has 2 rings (SSSR count). The predicted molar refractivity (Wildman–Crippen MR) is 83.5 cm³/mol. The molecule has 2 aromatic rings. The number of pyridine rings is 1. The van der Waals surface area contributed by atoms with Gasteiger partial charge in [-0.15, -0.1) is 0 Å². The summed E-state index contributed by atoms with van der Waals surface area (Å²) < 4.78 is 5.52. The number of nitrogens with zero attached hydrogens (tertiary/aromatic N) is 1. The number of halogens is 1. The Balaban J connectivity index is 1.97. The molecule has 112 valence electrons. The fraction of sp³-hybridized carbons (Fsp3) is 0.312. The maximum absolute atomic E-state index is 8.85. The van der Waals surface area contributed by atoms with Crippen molar-refractivity contribution < 1.29 is 9.84 Å². The molecule has 2 N–H and O–H groups in total. The number of para-hydroxylation sites is 1. The monoisotopic (exact) mass is 306 g/mol. The topological polar surface area (TPSA) is 54.4 Å². The highest BCUT2D eigenvalue weighted by Gasteiger charge is 2.08. The Hall–Kier alpha value is -1.62. The fourth-order valence-electron chi connectivity index (χ4n) is 1.97. The first-order valence-electron chi connectivity index (χ1n) is 6.87. The molecule has 1 atom stereocenters. The molecule has 4 nitrogen and oxygen atoms in total. The van der Waals surface area contributed by atoms with Gasteiger partial charge in [-0.25, -0.2) is 4.98 Å². The first-order valence-corrected chi connectivity index (χ1v) is 7.25. The van der Waals surface area contributed by atoms with Gasteiger partial charge in [-0.1, -0.05) is 35.9 Å². The van der Waals surface area contributed by atoms with Gasteiger partial charge in [0.05, 0.1) is 6.61 Å². The van der Waals surface area contributed by atoms with Crippen molar-refractivity contribution in [2.75, 3.05) is 13.2 Å². The van der Waals surface area contributed by atoms with Crippen LogP contribution in [0, 0.1) is 0 Å². The van der Waals surface area contributed by atoms with E-state index in [1.165, 1.54) is 0 Å². The maximum Gasteiger partial charge on any atom is 0.129 e. The molecule has 0 amide bonds. The van der Waals surface area contributed by atoms with Crippen molar-refractivity contribution in [1.82, 2.24) is 10.3 Å². The molecule has 0 aliphatic heterocycles. The van der Waals surface area contributed by atoms with E-state index in [-0.39, 0.29) is 12.6 Å². The van der Waals surface area contributed by atoms with E-state index in [2.05, 4.69) is 17.2 Å². The van der Waals surface area contributed by atoms with Crippen LogP contribution in [0.25, 0.3) is 0 Å². The summed E-state index contributed by atoms with van der Waals surface area (Å²) in [6, 6.07) is 11.7. The Morgan fingerprint density at radius 2 is 2.10 bits per heavy atom. The van der Waals surface area contributed by atoms with E-state index >= 15 is 0 Å². The third-order valence-electron chi connectivity index (χ3n) is 3.17. The fourth-order valence-corrected chi connectivity index (χ4v) is 2.08. The lowest BCUT2D eigenvalue weighted by Gasteiger charge is -2.16. The average Bonchev–Trinajstić information content (AvgIpc) is 2.52. The minimum absolute atomic E-state index is 0.00854. The first kappa shape index (κ1) is 15.8. The number of rotatable bonds is 7. The molecule has 1 heterocycles. The summed E-state index contributed by atoms with van der Waals surface area (Å²) in [6.45, 7) is 3.05. The molecule has 0 bridgehead atoms. The number of benzene rings is 1. The molecular weight excluding hydrogens is 288 g/mol. The standard InChI is InChI=1S/C16H19ClN2O2/c1-12(13-6-7-16(17)19-10-13)18-11-14-4-2-3-5-15(14)21-9-8-20/h2-7,10,12,18,20H,8-9,11H2,1H3/t12-/m0/s1. The summed E-state index contributed by atoms with van der Waals surface area (Å²) in [5.74, 6) is 0.792. The van der Waals surface area contributed by atoms with Crippen LogP contribution in [-0.4, -0.2) is 23.3 Å². The highest BCUT2D eigenvalue weighted by Crippen LogP contribution is 2.20. The molecule has 0 spiro atoms. The van der Waals surface area contributed by atoms with Gasteiger partial charge in [0.25, 0.3) is 0 Å². The van der Waals surface area contributed by atoms with Crippen LogP contribution >= 0.6 is 11.6 Å². The second-order valence-corrected chi connectivity index (χ2v) is 5.08. The Bertz CT molecular complexity index is 560. The summed E-state index contributed by atoms with van der Waals surface area (Å²) in [6.07, 6.45) is 1.77. The van der Waals surface area contributed by atoms with E-state index < -0.39 is 0 Å². The summed E-state index contributed by atoms with van der Waals surface area (Å²) in [5, 5.41) is 12.8. The highest BCUT2D eigenvalue weighted by molar-refractivity contribution is 6.29. The molecule has 0 aliphatic carbocycles. The van der Waals surface area contributed by atoms with Crippen LogP contribution in [0.5, 0.6) is 5.75 Å². The second-order valence-electron chi connectivity index (χ2n) is 4.70. The zero-order valence-corrected chi connectivity index (χ0v) is 12.7. The zero-order valence-electron chi connectivity index (χ0n) is 11.9. The largest absolute Gasteiger partial charge is 0.491 e. The van der Waals surface area contributed by atoms with E-state index in [0.29, 0.717) is 18.3 Å². The molecule has 0 unspecified atom stereocenters. The van der Waals surface area contributed by atoms with Gasteiger partial charge in [-0.2, -0.15) is 0 Å². The van der Waals surface area contributed by atoms with Crippen molar-refractivity contribution in [3.63, 3.8) is 0 Å². The van der Waals surface area contributed by atoms with Gasteiger partial charge >= 0.3 is 0 Å². The molecule has 1 aromatic heterocycles. The van der Waals surface area contributed by atoms with Crippen molar-refractivity contribution in [3.8, 4) is 5.75 Å². The number of aliphatic hydroxyl groups excluding tert-OH is 1. The lowest BCUT2D eigenvalue weighted by atomic mass is 10.1. The number of aromatic nitrogens is 1. The van der Waals surface area contributed by atoms with Gasteiger partial charge in [0.1, 0.15) is 17.5 Å². The number of nitrogens with one attached hydrogen (secondary N) is 1. The molecule has 21 heavy (non-hydrogen) atoms. The molecule has 0 radical (unpaired) electrons. The summed E-state index contributed by atoms with van der Waals surface area (Å²) in [5.41, 5.74) is 2.13. The molecule has 0 saturated carbocycles. The number of ether oxygens (including phenoxy) is 1. The van der Waals surface area contributed by atoms with Crippen LogP contribution in [0.3, 0.4) is 0 Å². The molecule has 0 saturated heterocycles. The van der Waals surface area contributed by atoms with Crippen molar-refractivity contribution in [2.24, 2.45) is 0 Å². The minimum Gasteiger partial charge on any atom is -0.491 e. The minimum atomic E-state index is 0.00854. The van der Waals surface area contributed by atoms with E-state index in [1.807, 2.05) is 30.3 Å². The van der Waals surface area contributed by atoms with Gasteiger partial charge in [-0.05, 0) is 24.6 Å². The van der Waals surface area contributed by atoms with Gasteiger partial charge in [-0.3, -0.25) is 0 Å². The Kier molecular flexibility index (Phi) is 5.99. The molecular formula is C16H19ClN2O2. The van der Waals surface area contributed by atoms with Gasteiger partial charge < -0.3 is 15.2 Å². The van der Waals surface area contributed by atoms with Crippen LogP contribution < -0.4 is 10.1 Å². The van der Waals surface area contributed by atoms with E-state index in [9.17, 15) is 0 Å². The molecule has 5 heteroatoms. The van der Waals surface area contributed by atoms with E-state index in [0.717, 1.165) is 16.9 Å². The average molecular weight is 307 g/mol. The number of aliphatic hydroxyl groups is 1. The summed E-state index contributed by atoms with van der Waals surface area (Å²) in [4.78, 5) is 4.09. The predicted octanol–water partition coefficient (Wildman–Crippen LogP) is 2.96. The maximum atomic E-state index is 8.85. The van der Waals surface area contributed by atoms with Gasteiger partial charge in [0.15, 0.2) is 0 Å². The van der Waals surface area contributed by atoms with Crippen molar-refractivity contribution in [1.29, 1.82) is 0 Å². The quantitative estimate of drug-likeness (QED) is 0.772. The SMILES string of the molecule is C[C@H](NCc1ccccc1OCCO)c1ccc(Cl)nc1. The second kappa shape index (κ2) is 7.98. The summed E-state index contributed by atoms with van der Waals surface area (Å²) in [7, 11) is 0. The third kappa shape index (κ3) is 4.70. The normalized spacial score (nSPS) is 12.1. The van der Waals surface area contributed by atoms with E-state index in [1.54, 1.807) is 12.3 Å². The lowest BCUT2D eigenvalue weighted by molar-refractivity contribution is 0.200. The van der Waals surface area contributed by atoms with Gasteiger partial charge in [0, 0.05) is 24.3 Å². The zero-order chi connectivity index (χ0) is 15.1. The molecule has 0 fully saturated rings. The third-order valence-corrected chi connectivity index (χ3v) is 3.39. The van der Waals surface area contributed by atoms with Crippen LogP contribution in [0.4, 0.5) is 0 Å². The first-order chi connectivity index (χ1) is 10.2. The molecule has 0 aliphatic rings. The lowest BCUT2D eigenvalue weighted by Crippen LogP contribution is -2.19. The Morgan fingerprint density at radius 3 is 2.81 bits per heavy atom. The van der Waals surface area contributed by atoms with Crippen molar-refractivity contribution in [3.05, 3.63) is 58.9 Å². The number of hydrogen-bond acceptors (Lipinski definition) is 4. The van der Waals surface area contributed by atoms with Crippen LogP contribution in [-0.2, 0) is 6.54 Å². The summed E-state index contributed by atoms with van der Waals surface area (Å²) >= 11 is 5.79. The van der Waals surface area contributed by atoms with E-state index in [4.69, 9.17) is 21.4 Å². The smallest absolute Gasteiger partial charge is 0.129 e. The molecule has 1 aromatic carbocycles. The van der Waals surface area contributed by atoms with Crippen molar-refractivity contribution >= 4 is 11.6 Å². The van der Waals surface area contributed by atoms with Gasteiger partial charge in [0.2, 0.25) is 0 Å². The Morgan fingerprint density at radius 1 is 1.29 bits per heavy atom. The van der Waals surface area contributed by atoms with Crippen LogP contribution in [0.1, 0.15) is 24.1 Å². The van der Waals surface area contributed by atoms with Crippen molar-refractivity contribution in [2.45, 2.75) is 19.5 Å². The van der Waals surface area contributed by atoms with Crippen LogP contribution in [0.2, 0.25) is 5.15 Å². The number of hydrogen-bond donors (Lipinski definition) is 2.